The second-order valence-corrected chi connectivity index (χ2v) is 8.56. The largest absolute Gasteiger partial charge is 0.350 e. The highest BCUT2D eigenvalue weighted by atomic mass is 19.1. The fraction of sp³-hybridized carbons (Fsp3) is 0.280. The number of aromatic amines is 1. The molecule has 1 amide bonds. The summed E-state index contributed by atoms with van der Waals surface area (Å²) in [5.74, 6) is 0.907. The Balaban J connectivity index is 1.34. The molecule has 4 aromatic rings. The highest BCUT2D eigenvalue weighted by molar-refractivity contribution is 6.01. The fourth-order valence-corrected chi connectivity index (χ4v) is 4.39. The Morgan fingerprint density at radius 2 is 2.06 bits per heavy atom. The number of fused-ring (bicyclic) bond motifs is 1. The van der Waals surface area contributed by atoms with Crippen molar-refractivity contribution in [2.24, 2.45) is 0 Å². The van der Waals surface area contributed by atoms with Crippen LogP contribution >= 0.6 is 0 Å². The minimum Gasteiger partial charge on any atom is -0.350 e. The van der Waals surface area contributed by atoms with E-state index in [1.165, 1.54) is 12.1 Å². The van der Waals surface area contributed by atoms with Crippen LogP contribution < -0.4 is 5.32 Å². The summed E-state index contributed by atoms with van der Waals surface area (Å²) in [6.07, 6.45) is 5.35. The van der Waals surface area contributed by atoms with Crippen LogP contribution in [0.25, 0.3) is 10.9 Å². The number of amides is 1. The molecule has 0 bridgehead atoms. The van der Waals surface area contributed by atoms with E-state index in [1.807, 2.05) is 36.9 Å². The first kappa shape index (κ1) is 21.1. The maximum absolute atomic E-state index is 13.7. The van der Waals surface area contributed by atoms with E-state index < -0.39 is 0 Å². The van der Waals surface area contributed by atoms with Crippen LogP contribution in [0.5, 0.6) is 0 Å². The van der Waals surface area contributed by atoms with E-state index >= 15 is 0 Å². The summed E-state index contributed by atoms with van der Waals surface area (Å²) in [7, 11) is 0. The van der Waals surface area contributed by atoms with E-state index in [1.54, 1.807) is 18.5 Å². The molecule has 2 N–H and O–H groups in total. The van der Waals surface area contributed by atoms with Crippen LogP contribution in [-0.4, -0.2) is 43.8 Å². The molecule has 0 unspecified atom stereocenters. The molecule has 33 heavy (non-hydrogen) atoms. The number of anilines is 2. The number of hydrogen-bond donors (Lipinski definition) is 2. The van der Waals surface area contributed by atoms with Crippen molar-refractivity contribution in [3.8, 4) is 0 Å². The quantitative estimate of drug-likeness (QED) is 0.469. The molecule has 0 aliphatic carbocycles. The average molecular weight is 445 g/mol. The monoisotopic (exact) mass is 444 g/mol. The van der Waals surface area contributed by atoms with Crippen LogP contribution in [0.2, 0.25) is 0 Å². The first-order chi connectivity index (χ1) is 16.0. The van der Waals surface area contributed by atoms with E-state index in [2.05, 4.69) is 20.3 Å². The number of likely N-dealkylation sites (tertiary alicyclic amines) is 1. The molecule has 168 valence electrons. The zero-order valence-corrected chi connectivity index (χ0v) is 18.6. The lowest BCUT2D eigenvalue weighted by Crippen LogP contribution is -2.39. The van der Waals surface area contributed by atoms with Crippen LogP contribution in [0.4, 0.5) is 16.2 Å². The minimum atomic E-state index is -0.310. The van der Waals surface area contributed by atoms with Gasteiger partial charge in [0.25, 0.3) is 5.91 Å². The molecule has 1 atom stereocenters. The molecule has 4 heterocycles. The molecule has 1 aliphatic heterocycles. The molecule has 1 aliphatic rings. The molecule has 1 saturated heterocycles. The van der Waals surface area contributed by atoms with Gasteiger partial charge in [-0.25, -0.2) is 19.3 Å². The third-order valence-corrected chi connectivity index (χ3v) is 6.19. The maximum atomic E-state index is 13.7. The number of benzene rings is 1. The first-order valence-corrected chi connectivity index (χ1v) is 11.1. The van der Waals surface area contributed by atoms with Gasteiger partial charge in [0.05, 0.1) is 5.69 Å². The number of nitrogens with one attached hydrogen (secondary N) is 2. The molecule has 8 heteroatoms. The second kappa shape index (κ2) is 8.61. The number of rotatable bonds is 4. The summed E-state index contributed by atoms with van der Waals surface area (Å²) in [5.41, 5.74) is 4.04. The van der Waals surface area contributed by atoms with Crippen molar-refractivity contribution in [3.63, 3.8) is 0 Å². The number of aryl methyl sites for hydroxylation is 2. The van der Waals surface area contributed by atoms with Gasteiger partial charge in [0.1, 0.15) is 17.3 Å². The van der Waals surface area contributed by atoms with Crippen LogP contribution in [0.15, 0.2) is 48.8 Å². The summed E-state index contributed by atoms with van der Waals surface area (Å²) in [6, 6.07) is 10.3. The topological polar surface area (TPSA) is 86.8 Å². The third-order valence-electron chi connectivity index (χ3n) is 6.19. The summed E-state index contributed by atoms with van der Waals surface area (Å²) >= 11 is 0. The predicted octanol–water partition coefficient (Wildman–Crippen LogP) is 4.87. The standard InChI is InChI=1S/C25H25FN6O/c1-15-5-8-22(28-13-15)31-25-27-10-9-20(30-25)17-4-3-11-32(14-17)24(33)23-16(2)19-12-18(26)6-7-21(19)29-23/h5-10,12-13,17,29H,3-4,11,14H2,1-2H3,(H,27,28,30,31)/t17-/m1/s1. The zero-order valence-electron chi connectivity index (χ0n) is 18.6. The molecule has 1 aromatic carbocycles. The van der Waals surface area contributed by atoms with Crippen LogP contribution in [-0.2, 0) is 0 Å². The molecule has 1 fully saturated rings. The number of H-pyrrole nitrogens is 1. The van der Waals surface area contributed by atoms with Crippen LogP contribution in [0.3, 0.4) is 0 Å². The molecule has 7 nitrogen and oxygen atoms in total. The van der Waals surface area contributed by atoms with Gasteiger partial charge < -0.3 is 15.2 Å². The number of nitrogens with zero attached hydrogens (tertiary/aromatic N) is 4. The Kier molecular flexibility index (Phi) is 5.50. The SMILES string of the molecule is Cc1ccc(Nc2nccc([C@@H]3CCCN(C(=O)c4[nH]c5ccc(F)cc5c4C)C3)n2)nc1. The number of aromatic nitrogens is 4. The van der Waals surface area contributed by atoms with Crippen molar-refractivity contribution in [2.45, 2.75) is 32.6 Å². The highest BCUT2D eigenvalue weighted by Crippen LogP contribution is 2.29. The number of hydrogen-bond acceptors (Lipinski definition) is 5. The smallest absolute Gasteiger partial charge is 0.270 e. The van der Waals surface area contributed by atoms with Gasteiger partial charge in [-0.3, -0.25) is 4.79 Å². The number of carbonyl (C=O) groups is 1. The number of pyridine rings is 1. The molecule has 0 spiro atoms. The summed E-state index contributed by atoms with van der Waals surface area (Å²) in [5, 5.41) is 3.89. The van der Waals surface area contributed by atoms with E-state index in [0.29, 0.717) is 30.5 Å². The second-order valence-electron chi connectivity index (χ2n) is 8.56. The summed E-state index contributed by atoms with van der Waals surface area (Å²) < 4.78 is 13.7. The maximum Gasteiger partial charge on any atom is 0.270 e. The van der Waals surface area contributed by atoms with Gasteiger partial charge in [0.15, 0.2) is 0 Å². The summed E-state index contributed by atoms with van der Waals surface area (Å²) in [6.45, 7) is 5.09. The Bertz CT molecular complexity index is 1320. The Morgan fingerprint density at radius 1 is 1.18 bits per heavy atom. The van der Waals surface area contributed by atoms with Crippen molar-refractivity contribution >= 4 is 28.6 Å². The predicted molar refractivity (Wildman–Crippen MR) is 125 cm³/mol. The zero-order chi connectivity index (χ0) is 22.9. The minimum absolute atomic E-state index is 0.0648. The normalized spacial score (nSPS) is 16.2. The van der Waals surface area contributed by atoms with Gasteiger partial charge in [-0.2, -0.15) is 0 Å². The lowest BCUT2D eigenvalue weighted by Gasteiger charge is -2.32. The fourth-order valence-electron chi connectivity index (χ4n) is 4.39. The first-order valence-electron chi connectivity index (χ1n) is 11.1. The molecule has 0 radical (unpaired) electrons. The van der Waals surface area contributed by atoms with Gasteiger partial charge in [-0.05, 0) is 68.1 Å². The average Bonchev–Trinajstić information content (AvgIpc) is 3.16. The Labute approximate surface area is 191 Å². The van der Waals surface area contributed by atoms with Gasteiger partial charge in [0.2, 0.25) is 5.95 Å². The van der Waals surface area contributed by atoms with Gasteiger partial charge >= 0.3 is 0 Å². The summed E-state index contributed by atoms with van der Waals surface area (Å²) in [4.78, 5) is 31.7. The van der Waals surface area contributed by atoms with Crippen molar-refractivity contribution in [3.05, 3.63) is 77.1 Å². The Hall–Kier alpha value is -3.81. The molecule has 0 saturated carbocycles. The van der Waals surface area contributed by atoms with Gasteiger partial charge in [0, 0.05) is 42.3 Å². The van der Waals surface area contributed by atoms with Crippen LogP contribution in [0, 0.1) is 19.7 Å². The highest BCUT2D eigenvalue weighted by Gasteiger charge is 2.28. The van der Waals surface area contributed by atoms with Gasteiger partial charge in [-0.15, -0.1) is 0 Å². The lowest BCUT2D eigenvalue weighted by atomic mass is 9.94. The lowest BCUT2D eigenvalue weighted by molar-refractivity contribution is 0.0700. The number of halogens is 1. The third kappa shape index (κ3) is 4.28. The van der Waals surface area contributed by atoms with Crippen LogP contribution in [0.1, 0.15) is 46.1 Å². The Morgan fingerprint density at radius 3 is 2.88 bits per heavy atom. The molecule has 5 rings (SSSR count). The number of carbonyl (C=O) groups excluding carboxylic acids is 1. The van der Waals surface area contributed by atoms with E-state index in [9.17, 15) is 9.18 Å². The van der Waals surface area contributed by atoms with Crippen molar-refractivity contribution in [1.82, 2.24) is 24.8 Å². The van der Waals surface area contributed by atoms with Crippen molar-refractivity contribution in [1.29, 1.82) is 0 Å². The van der Waals surface area contributed by atoms with Gasteiger partial charge in [-0.1, -0.05) is 6.07 Å². The van der Waals surface area contributed by atoms with E-state index in [0.717, 1.165) is 40.6 Å². The molecule has 3 aromatic heterocycles. The molecular weight excluding hydrogens is 419 g/mol. The number of piperidine rings is 1. The van der Waals surface area contributed by atoms with Crippen molar-refractivity contribution < 1.29 is 9.18 Å². The van der Waals surface area contributed by atoms with Crippen molar-refractivity contribution in [2.75, 3.05) is 18.4 Å². The van der Waals surface area contributed by atoms with E-state index in [4.69, 9.17) is 4.98 Å². The molecular formula is C25H25FN6O. The van der Waals surface area contributed by atoms with E-state index in [-0.39, 0.29) is 17.6 Å².